The van der Waals surface area contributed by atoms with Crippen molar-refractivity contribution in [1.82, 2.24) is 9.88 Å². The Hall–Kier alpha value is -3.46. The molecule has 1 amide bonds. The highest BCUT2D eigenvalue weighted by atomic mass is 19.1. The predicted molar refractivity (Wildman–Crippen MR) is 105 cm³/mol. The summed E-state index contributed by atoms with van der Waals surface area (Å²) in [5, 5.41) is 13.4. The van der Waals surface area contributed by atoms with E-state index >= 15 is 0 Å². The van der Waals surface area contributed by atoms with Gasteiger partial charge in [0.2, 0.25) is 5.91 Å². The van der Waals surface area contributed by atoms with Crippen molar-refractivity contribution in [2.75, 3.05) is 11.9 Å². The second kappa shape index (κ2) is 7.28. The number of amides is 1. The summed E-state index contributed by atoms with van der Waals surface area (Å²) in [5.74, 6) is 0.377. The van der Waals surface area contributed by atoms with E-state index < -0.39 is 0 Å². The molecule has 0 saturated carbocycles. The molecule has 0 saturated heterocycles. The van der Waals surface area contributed by atoms with E-state index in [-0.39, 0.29) is 17.8 Å². The molecule has 0 radical (unpaired) electrons. The number of fused-ring (bicyclic) bond motifs is 2. The number of benzene rings is 2. The van der Waals surface area contributed by atoms with Crippen molar-refractivity contribution in [3.63, 3.8) is 0 Å². The number of hydrogen-bond donors (Lipinski definition) is 1. The maximum absolute atomic E-state index is 13.8. The van der Waals surface area contributed by atoms with E-state index in [1.165, 1.54) is 19.1 Å². The van der Waals surface area contributed by atoms with E-state index in [0.29, 0.717) is 30.9 Å². The molecule has 1 aliphatic heterocycles. The lowest BCUT2D eigenvalue weighted by Crippen LogP contribution is -2.28. The molecule has 1 N–H and O–H groups in total. The predicted octanol–water partition coefficient (Wildman–Crippen LogP) is 4.15. The number of pyridine rings is 1. The molecule has 1 unspecified atom stereocenters. The largest absolute Gasteiger partial charge is 0.363 e. The fourth-order valence-corrected chi connectivity index (χ4v) is 3.65. The Labute approximate surface area is 162 Å². The van der Waals surface area contributed by atoms with Gasteiger partial charge in [-0.2, -0.15) is 5.26 Å². The number of aromatic nitrogens is 1. The number of halogens is 1. The molecule has 140 valence electrons. The lowest BCUT2D eigenvalue weighted by atomic mass is 9.99. The van der Waals surface area contributed by atoms with Gasteiger partial charge in [-0.25, -0.2) is 9.37 Å². The van der Waals surface area contributed by atoms with E-state index in [9.17, 15) is 9.18 Å². The smallest absolute Gasteiger partial charge is 0.219 e. The van der Waals surface area contributed by atoms with Crippen molar-refractivity contribution in [2.24, 2.45) is 0 Å². The van der Waals surface area contributed by atoms with Crippen molar-refractivity contribution < 1.29 is 9.18 Å². The first kappa shape index (κ1) is 17.9. The fraction of sp³-hybridized carbons (Fsp3) is 0.227. The molecule has 6 heteroatoms. The lowest BCUT2D eigenvalue weighted by Gasteiger charge is -2.20. The van der Waals surface area contributed by atoms with Gasteiger partial charge in [0.15, 0.2) is 0 Å². The number of carbonyl (C=O) groups excluding carboxylic acids is 1. The Bertz CT molecular complexity index is 1110. The van der Waals surface area contributed by atoms with Crippen LogP contribution in [0.3, 0.4) is 0 Å². The molecule has 0 aliphatic carbocycles. The zero-order valence-corrected chi connectivity index (χ0v) is 15.4. The molecule has 1 aromatic heterocycles. The summed E-state index contributed by atoms with van der Waals surface area (Å²) in [6.07, 6.45) is 0.700. The van der Waals surface area contributed by atoms with Crippen molar-refractivity contribution in [2.45, 2.75) is 25.9 Å². The second-order valence-electron chi connectivity index (χ2n) is 6.99. The Kier molecular flexibility index (Phi) is 4.66. The molecular weight excluding hydrogens is 355 g/mol. The summed E-state index contributed by atoms with van der Waals surface area (Å²) < 4.78 is 13.8. The first-order valence-corrected chi connectivity index (χ1v) is 9.15. The Morgan fingerprint density at radius 3 is 2.89 bits per heavy atom. The number of anilines is 1. The van der Waals surface area contributed by atoms with Gasteiger partial charge in [0.05, 0.1) is 23.2 Å². The van der Waals surface area contributed by atoms with Crippen LogP contribution in [0.5, 0.6) is 0 Å². The minimum atomic E-state index is -0.306. The molecule has 1 aliphatic rings. The second-order valence-corrected chi connectivity index (χ2v) is 6.99. The van der Waals surface area contributed by atoms with Crippen molar-refractivity contribution in [1.29, 1.82) is 5.26 Å². The number of nitriles is 1. The summed E-state index contributed by atoms with van der Waals surface area (Å²) in [7, 11) is 0. The van der Waals surface area contributed by atoms with Crippen molar-refractivity contribution >= 4 is 22.6 Å². The highest BCUT2D eigenvalue weighted by Crippen LogP contribution is 2.30. The SMILES string of the molecule is CC(=O)N1CCC(Nc2ccc3cc(C#N)ccc3n2)c2ccc(F)cc2C1. The summed E-state index contributed by atoms with van der Waals surface area (Å²) >= 11 is 0. The van der Waals surface area contributed by atoms with E-state index in [1.54, 1.807) is 23.1 Å². The molecule has 4 rings (SSSR count). The highest BCUT2D eigenvalue weighted by Gasteiger charge is 2.24. The number of nitrogens with zero attached hydrogens (tertiary/aromatic N) is 3. The average Bonchev–Trinajstić information content (AvgIpc) is 2.87. The third-order valence-corrected chi connectivity index (χ3v) is 5.12. The summed E-state index contributed by atoms with van der Waals surface area (Å²) in [4.78, 5) is 18.3. The van der Waals surface area contributed by atoms with Gasteiger partial charge in [-0.05, 0) is 60.0 Å². The quantitative estimate of drug-likeness (QED) is 0.732. The van der Waals surface area contributed by atoms with Gasteiger partial charge in [0.1, 0.15) is 11.6 Å². The van der Waals surface area contributed by atoms with Crippen LogP contribution < -0.4 is 5.32 Å². The monoisotopic (exact) mass is 374 g/mol. The highest BCUT2D eigenvalue weighted by molar-refractivity contribution is 5.81. The maximum atomic E-state index is 13.8. The van der Waals surface area contributed by atoms with Gasteiger partial charge < -0.3 is 10.2 Å². The summed E-state index contributed by atoms with van der Waals surface area (Å²) in [6, 6.07) is 16.0. The zero-order chi connectivity index (χ0) is 19.7. The van der Waals surface area contributed by atoms with Gasteiger partial charge in [-0.15, -0.1) is 0 Å². The molecule has 0 fully saturated rings. The van der Waals surface area contributed by atoms with Crippen LogP contribution in [-0.4, -0.2) is 22.3 Å². The van der Waals surface area contributed by atoms with E-state index in [1.807, 2.05) is 18.2 Å². The Morgan fingerprint density at radius 1 is 1.25 bits per heavy atom. The van der Waals surface area contributed by atoms with Crippen LogP contribution in [0.15, 0.2) is 48.5 Å². The molecule has 1 atom stereocenters. The normalized spacial score (nSPS) is 16.2. The van der Waals surface area contributed by atoms with Crippen LogP contribution in [0.1, 0.15) is 36.1 Å². The van der Waals surface area contributed by atoms with Crippen LogP contribution in [0.2, 0.25) is 0 Å². The zero-order valence-electron chi connectivity index (χ0n) is 15.4. The molecule has 28 heavy (non-hydrogen) atoms. The maximum Gasteiger partial charge on any atom is 0.219 e. The lowest BCUT2D eigenvalue weighted by molar-refractivity contribution is -0.129. The minimum absolute atomic E-state index is 0.0204. The van der Waals surface area contributed by atoms with Gasteiger partial charge in [-0.1, -0.05) is 6.07 Å². The van der Waals surface area contributed by atoms with Crippen LogP contribution >= 0.6 is 0 Å². The van der Waals surface area contributed by atoms with Gasteiger partial charge in [0.25, 0.3) is 0 Å². The van der Waals surface area contributed by atoms with E-state index in [0.717, 1.165) is 22.0 Å². The fourth-order valence-electron chi connectivity index (χ4n) is 3.65. The summed E-state index contributed by atoms with van der Waals surface area (Å²) in [6.45, 7) is 2.53. The topological polar surface area (TPSA) is 69.0 Å². The average molecular weight is 374 g/mol. The number of carbonyl (C=O) groups is 1. The molecule has 2 aromatic carbocycles. The minimum Gasteiger partial charge on any atom is -0.363 e. The third-order valence-electron chi connectivity index (χ3n) is 5.12. The Balaban J connectivity index is 1.66. The number of hydrogen-bond acceptors (Lipinski definition) is 4. The van der Waals surface area contributed by atoms with Crippen LogP contribution in [0.4, 0.5) is 10.2 Å². The summed E-state index contributed by atoms with van der Waals surface area (Å²) in [5.41, 5.74) is 3.18. The molecule has 0 spiro atoms. The van der Waals surface area contributed by atoms with Gasteiger partial charge in [0, 0.05) is 25.4 Å². The number of nitrogens with one attached hydrogen (secondary N) is 1. The van der Waals surface area contributed by atoms with Crippen LogP contribution in [0, 0.1) is 17.1 Å². The molecule has 3 aromatic rings. The number of rotatable bonds is 2. The van der Waals surface area contributed by atoms with Crippen molar-refractivity contribution in [3.8, 4) is 6.07 Å². The van der Waals surface area contributed by atoms with Crippen molar-refractivity contribution in [3.05, 3.63) is 71.0 Å². The standard InChI is InChI=1S/C22H19FN4O/c1-14(28)27-9-8-21(19-5-4-18(23)11-17(19)13-27)26-22-7-3-16-10-15(12-24)2-6-20(16)25-22/h2-7,10-11,21H,8-9,13H2,1H3,(H,25,26). The first-order chi connectivity index (χ1) is 13.5. The van der Waals surface area contributed by atoms with Gasteiger partial charge >= 0.3 is 0 Å². The molecule has 2 heterocycles. The Morgan fingerprint density at radius 2 is 2.11 bits per heavy atom. The molecular formula is C22H19FN4O. The van der Waals surface area contributed by atoms with E-state index in [4.69, 9.17) is 5.26 Å². The van der Waals surface area contributed by atoms with Crippen LogP contribution in [0.25, 0.3) is 10.9 Å². The van der Waals surface area contributed by atoms with Crippen LogP contribution in [-0.2, 0) is 11.3 Å². The van der Waals surface area contributed by atoms with E-state index in [2.05, 4.69) is 16.4 Å². The first-order valence-electron chi connectivity index (χ1n) is 9.15. The molecule has 5 nitrogen and oxygen atoms in total. The molecule has 0 bridgehead atoms. The van der Waals surface area contributed by atoms with Gasteiger partial charge in [-0.3, -0.25) is 4.79 Å². The third kappa shape index (κ3) is 3.52.